The number of sulfonamides is 1. The second-order valence-electron chi connectivity index (χ2n) is 5.70. The summed E-state index contributed by atoms with van der Waals surface area (Å²) in [6.45, 7) is 0. The SMILES string of the molecule is COc1cc(OC)cc(C(=O)NNS(=O)(=O)c2ccc3c(c2)CC(=O)N3)c1. The van der Waals surface area contributed by atoms with E-state index < -0.39 is 15.9 Å². The fourth-order valence-electron chi connectivity index (χ4n) is 2.56. The second kappa shape index (κ2) is 7.25. The lowest BCUT2D eigenvalue weighted by Gasteiger charge is -2.11. The predicted molar refractivity (Wildman–Crippen MR) is 96.1 cm³/mol. The lowest BCUT2D eigenvalue weighted by Crippen LogP contribution is -2.41. The van der Waals surface area contributed by atoms with E-state index in [1.54, 1.807) is 6.07 Å². The minimum atomic E-state index is -4.02. The maximum absolute atomic E-state index is 12.4. The molecule has 2 aromatic carbocycles. The van der Waals surface area contributed by atoms with E-state index in [0.717, 1.165) is 0 Å². The number of ether oxygens (including phenoxy) is 2. The first-order valence-corrected chi connectivity index (χ1v) is 9.28. The maximum Gasteiger partial charge on any atom is 0.266 e. The standard InChI is InChI=1S/C17H17N3O6S/c1-25-12-5-11(6-13(9-12)26-2)17(22)19-20-27(23,24)14-3-4-15-10(7-14)8-16(21)18-15/h3-7,9,20H,8H2,1-2H3,(H,18,21)(H,19,22). The Balaban J connectivity index is 1.75. The van der Waals surface area contributed by atoms with Gasteiger partial charge in [0.1, 0.15) is 11.5 Å². The van der Waals surface area contributed by atoms with Crippen LogP contribution in [0.5, 0.6) is 11.5 Å². The molecule has 0 aliphatic carbocycles. The van der Waals surface area contributed by atoms with E-state index in [-0.39, 0.29) is 22.8 Å². The molecule has 27 heavy (non-hydrogen) atoms. The smallest absolute Gasteiger partial charge is 0.266 e. The quantitative estimate of drug-likeness (QED) is 0.627. The van der Waals surface area contributed by atoms with Gasteiger partial charge in [-0.1, -0.05) is 0 Å². The summed E-state index contributed by atoms with van der Waals surface area (Å²) in [5, 5.41) is 2.62. The van der Waals surface area contributed by atoms with E-state index in [1.807, 2.05) is 4.83 Å². The van der Waals surface area contributed by atoms with Crippen molar-refractivity contribution in [2.45, 2.75) is 11.3 Å². The zero-order chi connectivity index (χ0) is 19.6. The van der Waals surface area contributed by atoms with Gasteiger partial charge in [-0.2, -0.15) is 0 Å². The first-order valence-electron chi connectivity index (χ1n) is 7.80. The van der Waals surface area contributed by atoms with Crippen molar-refractivity contribution >= 4 is 27.5 Å². The summed E-state index contributed by atoms with van der Waals surface area (Å²) in [7, 11) is -1.14. The van der Waals surface area contributed by atoms with Gasteiger partial charge >= 0.3 is 0 Å². The normalized spacial score (nSPS) is 12.9. The number of anilines is 1. The molecule has 1 aliphatic heterocycles. The van der Waals surface area contributed by atoms with Crippen LogP contribution in [0.1, 0.15) is 15.9 Å². The van der Waals surface area contributed by atoms with Gasteiger partial charge in [-0.3, -0.25) is 15.0 Å². The van der Waals surface area contributed by atoms with Crippen molar-refractivity contribution in [3.8, 4) is 11.5 Å². The molecule has 142 valence electrons. The molecule has 3 rings (SSSR count). The Morgan fingerprint density at radius 2 is 1.74 bits per heavy atom. The molecule has 9 nitrogen and oxygen atoms in total. The highest BCUT2D eigenvalue weighted by Crippen LogP contribution is 2.26. The predicted octanol–water partition coefficient (Wildman–Crippen LogP) is 0.822. The van der Waals surface area contributed by atoms with Crippen LogP contribution in [0.15, 0.2) is 41.3 Å². The van der Waals surface area contributed by atoms with Crippen LogP contribution >= 0.6 is 0 Å². The van der Waals surface area contributed by atoms with Crippen LogP contribution < -0.4 is 25.0 Å². The molecule has 0 bridgehead atoms. The van der Waals surface area contributed by atoms with Crippen molar-refractivity contribution in [2.24, 2.45) is 0 Å². The molecule has 0 saturated heterocycles. The van der Waals surface area contributed by atoms with Crippen molar-refractivity contribution in [3.63, 3.8) is 0 Å². The monoisotopic (exact) mass is 391 g/mol. The molecule has 1 heterocycles. The average molecular weight is 391 g/mol. The van der Waals surface area contributed by atoms with Gasteiger partial charge in [0, 0.05) is 17.3 Å². The minimum Gasteiger partial charge on any atom is -0.497 e. The highest BCUT2D eigenvalue weighted by Gasteiger charge is 2.22. The number of fused-ring (bicyclic) bond motifs is 1. The Morgan fingerprint density at radius 1 is 1.07 bits per heavy atom. The van der Waals surface area contributed by atoms with Gasteiger partial charge in [0.2, 0.25) is 5.91 Å². The highest BCUT2D eigenvalue weighted by atomic mass is 32.2. The van der Waals surface area contributed by atoms with Crippen molar-refractivity contribution in [1.29, 1.82) is 0 Å². The lowest BCUT2D eigenvalue weighted by molar-refractivity contribution is -0.115. The Kier molecular flexibility index (Phi) is 5.02. The van der Waals surface area contributed by atoms with Crippen LogP contribution in [0.25, 0.3) is 0 Å². The molecule has 1 aliphatic rings. The molecule has 0 radical (unpaired) electrons. The summed E-state index contributed by atoms with van der Waals surface area (Å²) >= 11 is 0. The van der Waals surface area contributed by atoms with Crippen molar-refractivity contribution in [2.75, 3.05) is 19.5 Å². The molecule has 0 saturated carbocycles. The number of benzene rings is 2. The molecule has 3 N–H and O–H groups in total. The van der Waals surface area contributed by atoms with Gasteiger partial charge in [0.05, 0.1) is 25.5 Å². The summed E-state index contributed by atoms with van der Waals surface area (Å²) in [4.78, 5) is 25.6. The number of hydrogen-bond acceptors (Lipinski definition) is 6. The van der Waals surface area contributed by atoms with Gasteiger partial charge in [0.15, 0.2) is 0 Å². The van der Waals surface area contributed by atoms with Crippen LogP contribution in [0.3, 0.4) is 0 Å². The summed E-state index contributed by atoms with van der Waals surface area (Å²) in [6, 6.07) is 8.70. The maximum atomic E-state index is 12.4. The van der Waals surface area contributed by atoms with Gasteiger partial charge in [-0.05, 0) is 35.9 Å². The van der Waals surface area contributed by atoms with E-state index in [0.29, 0.717) is 22.7 Å². The van der Waals surface area contributed by atoms with Crippen molar-refractivity contribution < 1.29 is 27.5 Å². The molecule has 2 amide bonds. The molecule has 0 fully saturated rings. The van der Waals surface area contributed by atoms with E-state index in [9.17, 15) is 18.0 Å². The van der Waals surface area contributed by atoms with Crippen LogP contribution in [0.2, 0.25) is 0 Å². The number of nitrogens with one attached hydrogen (secondary N) is 3. The van der Waals surface area contributed by atoms with Crippen LogP contribution in [0.4, 0.5) is 5.69 Å². The third-order valence-electron chi connectivity index (χ3n) is 3.92. The zero-order valence-corrected chi connectivity index (χ0v) is 15.3. The van der Waals surface area contributed by atoms with Gasteiger partial charge in [-0.15, -0.1) is 4.83 Å². The summed E-state index contributed by atoms with van der Waals surface area (Å²) in [6.07, 6.45) is 0.106. The average Bonchev–Trinajstić information content (AvgIpc) is 3.04. The number of hydrazine groups is 1. The molecule has 2 aromatic rings. The van der Waals surface area contributed by atoms with Gasteiger partial charge in [-0.25, -0.2) is 8.42 Å². The summed E-state index contributed by atoms with van der Waals surface area (Å²) < 4.78 is 35.0. The fraction of sp³-hybridized carbons (Fsp3) is 0.176. The Labute approximate surface area is 155 Å². The number of methoxy groups -OCH3 is 2. The largest absolute Gasteiger partial charge is 0.497 e. The molecule has 0 spiro atoms. The Bertz CT molecular complexity index is 997. The highest BCUT2D eigenvalue weighted by molar-refractivity contribution is 7.89. The molecular formula is C17H17N3O6S. The van der Waals surface area contributed by atoms with E-state index in [4.69, 9.17) is 9.47 Å². The third-order valence-corrected chi connectivity index (χ3v) is 5.17. The van der Waals surface area contributed by atoms with Crippen molar-refractivity contribution in [3.05, 3.63) is 47.5 Å². The van der Waals surface area contributed by atoms with E-state index in [2.05, 4.69) is 10.7 Å². The molecule has 0 unspecified atom stereocenters. The van der Waals surface area contributed by atoms with Gasteiger partial charge < -0.3 is 14.8 Å². The first-order chi connectivity index (χ1) is 12.8. The number of rotatable bonds is 6. The van der Waals surface area contributed by atoms with Crippen molar-refractivity contribution in [1.82, 2.24) is 10.3 Å². The minimum absolute atomic E-state index is 0.0683. The number of carbonyl (C=O) groups excluding carboxylic acids is 2. The van der Waals surface area contributed by atoms with E-state index in [1.165, 1.54) is 44.6 Å². The second-order valence-corrected chi connectivity index (χ2v) is 7.39. The van der Waals surface area contributed by atoms with Gasteiger partial charge in [0.25, 0.3) is 15.9 Å². The number of hydrogen-bond donors (Lipinski definition) is 3. The zero-order valence-electron chi connectivity index (χ0n) is 14.5. The first kappa shape index (κ1) is 18.7. The topological polar surface area (TPSA) is 123 Å². The summed E-state index contributed by atoms with van der Waals surface area (Å²) in [5.74, 6) is -0.113. The number of amides is 2. The van der Waals surface area contributed by atoms with E-state index >= 15 is 0 Å². The molecule has 0 atom stereocenters. The molecule has 10 heteroatoms. The van der Waals surface area contributed by atoms with Crippen LogP contribution in [-0.2, 0) is 21.2 Å². The fourth-order valence-corrected chi connectivity index (χ4v) is 3.45. The third kappa shape index (κ3) is 4.01. The lowest BCUT2D eigenvalue weighted by atomic mass is 10.2. The Morgan fingerprint density at radius 3 is 2.37 bits per heavy atom. The van der Waals surface area contributed by atoms with Crippen LogP contribution in [-0.4, -0.2) is 34.5 Å². The number of carbonyl (C=O) groups is 2. The van der Waals surface area contributed by atoms with Crippen LogP contribution in [0, 0.1) is 0 Å². The Hall–Kier alpha value is -3.11. The molecular weight excluding hydrogens is 374 g/mol. The summed E-state index contributed by atoms with van der Waals surface area (Å²) in [5.41, 5.74) is 3.45. The molecule has 0 aromatic heterocycles.